The van der Waals surface area contributed by atoms with E-state index in [0.29, 0.717) is 0 Å². The number of fused-ring (bicyclic) bond motifs is 1. The average molecular weight is 355 g/mol. The van der Waals surface area contributed by atoms with Gasteiger partial charge in [0.1, 0.15) is 5.65 Å². The molecule has 2 aromatic heterocycles. The molecule has 5 nitrogen and oxygen atoms in total. The van der Waals surface area contributed by atoms with Gasteiger partial charge in [-0.1, -0.05) is 18.2 Å². The number of aryl methyl sites for hydroxylation is 1. The van der Waals surface area contributed by atoms with Crippen LogP contribution in [0.2, 0.25) is 0 Å². The number of rotatable bonds is 4. The normalized spacial score (nSPS) is 11.4. The molecular weight excluding hydrogens is 334 g/mol. The molecule has 4 aromatic rings. The molecule has 0 amide bonds. The molecule has 5 heteroatoms. The number of benzene rings is 2. The van der Waals surface area contributed by atoms with E-state index in [0.717, 1.165) is 34.0 Å². The fourth-order valence-electron chi connectivity index (χ4n) is 2.87. The van der Waals surface area contributed by atoms with Crippen LogP contribution in [0.15, 0.2) is 83.3 Å². The van der Waals surface area contributed by atoms with E-state index in [4.69, 9.17) is 0 Å². The molecule has 2 heterocycles. The molecule has 0 unspecified atom stereocenters. The van der Waals surface area contributed by atoms with Gasteiger partial charge in [0, 0.05) is 37.7 Å². The van der Waals surface area contributed by atoms with Crippen molar-refractivity contribution in [2.75, 3.05) is 19.0 Å². The second kappa shape index (κ2) is 7.03. The van der Waals surface area contributed by atoms with E-state index in [-0.39, 0.29) is 0 Å². The Kier molecular flexibility index (Phi) is 4.42. The van der Waals surface area contributed by atoms with Crippen molar-refractivity contribution < 1.29 is 0 Å². The Morgan fingerprint density at radius 2 is 1.41 bits per heavy atom. The Morgan fingerprint density at radius 3 is 2.04 bits per heavy atom. The van der Waals surface area contributed by atoms with Crippen LogP contribution < -0.4 is 4.90 Å². The van der Waals surface area contributed by atoms with E-state index in [9.17, 15) is 0 Å². The minimum absolute atomic E-state index is 0.815. The number of imidazole rings is 1. The number of aromatic nitrogens is 2. The largest absolute Gasteiger partial charge is 0.378 e. The maximum absolute atomic E-state index is 4.67. The molecule has 0 saturated carbocycles. The Balaban J connectivity index is 1.52. The third-order valence-corrected chi connectivity index (χ3v) is 4.41. The molecule has 0 saturated heterocycles. The van der Waals surface area contributed by atoms with Gasteiger partial charge in [-0.2, -0.15) is 10.2 Å². The van der Waals surface area contributed by atoms with E-state index >= 15 is 0 Å². The van der Waals surface area contributed by atoms with Gasteiger partial charge >= 0.3 is 0 Å². The summed E-state index contributed by atoms with van der Waals surface area (Å²) in [7, 11) is 4.03. The summed E-state index contributed by atoms with van der Waals surface area (Å²) < 4.78 is 2.05. The molecule has 0 radical (unpaired) electrons. The molecule has 0 aliphatic rings. The monoisotopic (exact) mass is 355 g/mol. The molecule has 2 aromatic carbocycles. The van der Waals surface area contributed by atoms with Crippen LogP contribution in [0.3, 0.4) is 0 Å². The highest BCUT2D eigenvalue weighted by Crippen LogP contribution is 2.25. The SMILES string of the molecule is Cc1ccc2nc(-c3ccc(/N=N/c4ccc(N(C)C)cc4)cc3)cn2c1. The smallest absolute Gasteiger partial charge is 0.137 e. The third kappa shape index (κ3) is 3.72. The van der Waals surface area contributed by atoms with Gasteiger partial charge in [0.25, 0.3) is 0 Å². The second-order valence-corrected chi connectivity index (χ2v) is 6.76. The lowest BCUT2D eigenvalue weighted by atomic mass is 10.1. The lowest BCUT2D eigenvalue weighted by Crippen LogP contribution is -2.07. The van der Waals surface area contributed by atoms with E-state index in [1.54, 1.807) is 0 Å². The molecule has 27 heavy (non-hydrogen) atoms. The van der Waals surface area contributed by atoms with E-state index in [1.807, 2.05) is 74.9 Å². The standard InChI is InChI=1S/C22H21N5/c1-16-4-13-22-23-21(15-27(22)14-16)17-5-7-18(8-6-17)24-25-19-9-11-20(12-10-19)26(2)3/h4-15H,1-3H3/b25-24+. The van der Waals surface area contributed by atoms with Crippen molar-refractivity contribution >= 4 is 22.7 Å². The summed E-state index contributed by atoms with van der Waals surface area (Å²) in [4.78, 5) is 6.73. The molecule has 4 rings (SSSR count). The quantitative estimate of drug-likeness (QED) is 0.435. The minimum Gasteiger partial charge on any atom is -0.378 e. The zero-order chi connectivity index (χ0) is 18.8. The maximum Gasteiger partial charge on any atom is 0.137 e. The first-order chi connectivity index (χ1) is 13.1. The summed E-state index contributed by atoms with van der Waals surface area (Å²) in [5, 5.41) is 8.64. The minimum atomic E-state index is 0.815. The molecule has 0 atom stereocenters. The second-order valence-electron chi connectivity index (χ2n) is 6.76. The topological polar surface area (TPSA) is 45.3 Å². The first-order valence-electron chi connectivity index (χ1n) is 8.83. The average Bonchev–Trinajstić information content (AvgIpc) is 3.10. The summed E-state index contributed by atoms with van der Waals surface area (Å²) in [6.07, 6.45) is 4.13. The highest BCUT2D eigenvalue weighted by Gasteiger charge is 2.04. The van der Waals surface area contributed by atoms with E-state index in [2.05, 4.69) is 43.7 Å². The Hall–Kier alpha value is -3.47. The zero-order valence-corrected chi connectivity index (χ0v) is 15.7. The molecule has 0 N–H and O–H groups in total. The number of anilines is 1. The van der Waals surface area contributed by atoms with Crippen molar-refractivity contribution in [3.63, 3.8) is 0 Å². The van der Waals surface area contributed by atoms with Crippen LogP contribution in [0.1, 0.15) is 5.56 Å². The van der Waals surface area contributed by atoms with Gasteiger partial charge in [0.2, 0.25) is 0 Å². The summed E-state index contributed by atoms with van der Waals surface area (Å²) in [6, 6.07) is 20.1. The highest BCUT2D eigenvalue weighted by molar-refractivity contribution is 5.64. The molecule has 0 fully saturated rings. The van der Waals surface area contributed by atoms with E-state index in [1.165, 1.54) is 5.56 Å². The Labute approximate surface area is 158 Å². The van der Waals surface area contributed by atoms with Gasteiger partial charge in [0.05, 0.1) is 17.1 Å². The van der Waals surface area contributed by atoms with Crippen molar-refractivity contribution in [2.45, 2.75) is 6.92 Å². The molecule has 0 bridgehead atoms. The summed E-state index contributed by atoms with van der Waals surface area (Å²) in [5.74, 6) is 0. The predicted molar refractivity (Wildman–Crippen MR) is 110 cm³/mol. The summed E-state index contributed by atoms with van der Waals surface area (Å²) >= 11 is 0. The van der Waals surface area contributed by atoms with Crippen LogP contribution in [0.5, 0.6) is 0 Å². The van der Waals surface area contributed by atoms with Crippen molar-refractivity contribution in [3.8, 4) is 11.3 Å². The van der Waals surface area contributed by atoms with Gasteiger partial charge in [-0.05, 0) is 55.0 Å². The van der Waals surface area contributed by atoms with Crippen LogP contribution in [-0.4, -0.2) is 23.5 Å². The Morgan fingerprint density at radius 1 is 0.778 bits per heavy atom. The Bertz CT molecular complexity index is 1090. The zero-order valence-electron chi connectivity index (χ0n) is 15.7. The van der Waals surface area contributed by atoms with Crippen LogP contribution >= 0.6 is 0 Å². The fourth-order valence-corrected chi connectivity index (χ4v) is 2.87. The lowest BCUT2D eigenvalue weighted by Gasteiger charge is -2.11. The van der Waals surface area contributed by atoms with Crippen molar-refractivity contribution in [1.29, 1.82) is 0 Å². The summed E-state index contributed by atoms with van der Waals surface area (Å²) in [5.41, 5.74) is 6.95. The van der Waals surface area contributed by atoms with Crippen LogP contribution in [0.25, 0.3) is 16.9 Å². The highest BCUT2D eigenvalue weighted by atomic mass is 15.1. The molecule has 0 aliphatic carbocycles. The van der Waals surface area contributed by atoms with Crippen LogP contribution in [-0.2, 0) is 0 Å². The summed E-state index contributed by atoms with van der Waals surface area (Å²) in [6.45, 7) is 2.08. The van der Waals surface area contributed by atoms with Gasteiger partial charge in [-0.25, -0.2) is 4.98 Å². The van der Waals surface area contributed by atoms with Crippen LogP contribution in [0.4, 0.5) is 17.1 Å². The molecule has 0 aliphatic heterocycles. The first kappa shape index (κ1) is 17.0. The van der Waals surface area contributed by atoms with Crippen LogP contribution in [0, 0.1) is 6.92 Å². The number of hydrogen-bond acceptors (Lipinski definition) is 4. The van der Waals surface area contributed by atoms with Crippen molar-refractivity contribution in [3.05, 3.63) is 78.6 Å². The van der Waals surface area contributed by atoms with Crippen molar-refractivity contribution in [1.82, 2.24) is 9.38 Å². The molecule has 0 spiro atoms. The van der Waals surface area contributed by atoms with Gasteiger partial charge in [-0.15, -0.1) is 0 Å². The molecular formula is C22H21N5. The van der Waals surface area contributed by atoms with Gasteiger partial charge < -0.3 is 9.30 Å². The first-order valence-corrected chi connectivity index (χ1v) is 8.83. The molecule has 134 valence electrons. The predicted octanol–water partition coefficient (Wildman–Crippen LogP) is 5.79. The number of nitrogens with zero attached hydrogens (tertiary/aromatic N) is 5. The number of azo groups is 1. The lowest BCUT2D eigenvalue weighted by molar-refractivity contribution is 1.13. The van der Waals surface area contributed by atoms with Gasteiger partial charge in [-0.3, -0.25) is 0 Å². The number of pyridine rings is 1. The third-order valence-electron chi connectivity index (χ3n) is 4.41. The maximum atomic E-state index is 4.67. The van der Waals surface area contributed by atoms with Crippen molar-refractivity contribution in [2.24, 2.45) is 10.2 Å². The van der Waals surface area contributed by atoms with Gasteiger partial charge in [0.15, 0.2) is 0 Å². The van der Waals surface area contributed by atoms with E-state index < -0.39 is 0 Å². The fraction of sp³-hybridized carbons (Fsp3) is 0.136. The number of hydrogen-bond donors (Lipinski definition) is 0.